The van der Waals surface area contributed by atoms with Gasteiger partial charge in [-0.3, -0.25) is 4.98 Å². The first kappa shape index (κ1) is 13.4. The SMILES string of the molecule is CCc1cc(N2CCC(C)C(O)C2)c2ccccc2n1. The summed E-state index contributed by atoms with van der Waals surface area (Å²) in [5.74, 6) is 0.394. The topological polar surface area (TPSA) is 36.4 Å². The first-order valence-corrected chi connectivity index (χ1v) is 7.50. The van der Waals surface area contributed by atoms with Gasteiger partial charge in [0.1, 0.15) is 0 Å². The van der Waals surface area contributed by atoms with Gasteiger partial charge in [0.2, 0.25) is 0 Å². The molecule has 106 valence electrons. The van der Waals surface area contributed by atoms with E-state index in [-0.39, 0.29) is 6.10 Å². The van der Waals surface area contributed by atoms with Gasteiger partial charge in [0.05, 0.1) is 11.6 Å². The predicted molar refractivity (Wildman–Crippen MR) is 83.1 cm³/mol. The standard InChI is InChI=1S/C17H22N2O/c1-3-13-10-16(14-6-4-5-7-15(14)18-13)19-9-8-12(2)17(20)11-19/h4-7,10,12,17,20H,3,8-9,11H2,1-2H3. The van der Waals surface area contributed by atoms with Crippen molar-refractivity contribution in [3.05, 3.63) is 36.0 Å². The lowest BCUT2D eigenvalue weighted by Crippen LogP contribution is -2.43. The Morgan fingerprint density at radius 1 is 1.35 bits per heavy atom. The number of aliphatic hydroxyl groups excluding tert-OH is 1. The molecule has 1 N–H and O–H groups in total. The van der Waals surface area contributed by atoms with Gasteiger partial charge in [0.25, 0.3) is 0 Å². The Balaban J connectivity index is 2.05. The number of pyridine rings is 1. The molecule has 3 heteroatoms. The number of benzene rings is 1. The van der Waals surface area contributed by atoms with Gasteiger partial charge in [0.15, 0.2) is 0 Å². The number of rotatable bonds is 2. The van der Waals surface area contributed by atoms with Crippen LogP contribution in [-0.4, -0.2) is 29.3 Å². The highest BCUT2D eigenvalue weighted by molar-refractivity contribution is 5.92. The minimum Gasteiger partial charge on any atom is -0.391 e. The zero-order valence-corrected chi connectivity index (χ0v) is 12.2. The van der Waals surface area contributed by atoms with E-state index in [1.54, 1.807) is 0 Å². The van der Waals surface area contributed by atoms with Crippen molar-refractivity contribution >= 4 is 16.6 Å². The van der Waals surface area contributed by atoms with Crippen molar-refractivity contribution in [1.82, 2.24) is 4.98 Å². The maximum atomic E-state index is 10.2. The second-order valence-electron chi connectivity index (χ2n) is 5.78. The molecule has 2 heterocycles. The first-order valence-electron chi connectivity index (χ1n) is 7.50. The third-order valence-electron chi connectivity index (χ3n) is 4.37. The van der Waals surface area contributed by atoms with Gasteiger partial charge in [-0.05, 0) is 30.9 Å². The molecule has 3 rings (SSSR count). The molecule has 1 aliphatic rings. The molecule has 1 saturated heterocycles. The van der Waals surface area contributed by atoms with E-state index in [1.807, 2.05) is 6.07 Å². The van der Waals surface area contributed by atoms with Crippen molar-refractivity contribution in [2.45, 2.75) is 32.8 Å². The van der Waals surface area contributed by atoms with Crippen molar-refractivity contribution in [2.24, 2.45) is 5.92 Å². The van der Waals surface area contributed by atoms with E-state index in [4.69, 9.17) is 4.98 Å². The summed E-state index contributed by atoms with van der Waals surface area (Å²) in [5, 5.41) is 11.3. The zero-order valence-electron chi connectivity index (χ0n) is 12.2. The summed E-state index contributed by atoms with van der Waals surface area (Å²) in [7, 11) is 0. The van der Waals surface area contributed by atoms with Crippen molar-refractivity contribution in [2.75, 3.05) is 18.0 Å². The van der Waals surface area contributed by atoms with Gasteiger partial charge < -0.3 is 10.0 Å². The largest absolute Gasteiger partial charge is 0.391 e. The van der Waals surface area contributed by atoms with E-state index in [0.717, 1.165) is 37.1 Å². The van der Waals surface area contributed by atoms with Crippen LogP contribution in [0.1, 0.15) is 26.0 Å². The number of aliphatic hydroxyl groups is 1. The smallest absolute Gasteiger partial charge is 0.0741 e. The molecule has 1 aromatic heterocycles. The van der Waals surface area contributed by atoms with Crippen molar-refractivity contribution < 1.29 is 5.11 Å². The molecule has 0 amide bonds. The average Bonchev–Trinajstić information content (AvgIpc) is 2.49. The van der Waals surface area contributed by atoms with Gasteiger partial charge in [-0.15, -0.1) is 0 Å². The molecule has 1 aromatic carbocycles. The molecule has 2 unspecified atom stereocenters. The van der Waals surface area contributed by atoms with Crippen LogP contribution in [0.15, 0.2) is 30.3 Å². The normalized spacial score (nSPS) is 23.2. The second-order valence-corrected chi connectivity index (χ2v) is 5.78. The molecule has 0 bridgehead atoms. The molecular formula is C17H22N2O. The number of anilines is 1. The monoisotopic (exact) mass is 270 g/mol. The Morgan fingerprint density at radius 3 is 2.90 bits per heavy atom. The van der Waals surface area contributed by atoms with Crippen LogP contribution in [0, 0.1) is 5.92 Å². The minimum atomic E-state index is -0.235. The van der Waals surface area contributed by atoms with Crippen molar-refractivity contribution in [3.63, 3.8) is 0 Å². The van der Waals surface area contributed by atoms with Gasteiger partial charge in [0, 0.05) is 29.9 Å². The fraction of sp³-hybridized carbons (Fsp3) is 0.471. The third kappa shape index (κ3) is 2.38. The van der Waals surface area contributed by atoms with Crippen LogP contribution in [0.4, 0.5) is 5.69 Å². The van der Waals surface area contributed by atoms with Crippen LogP contribution >= 0.6 is 0 Å². The highest BCUT2D eigenvalue weighted by Crippen LogP contribution is 2.30. The lowest BCUT2D eigenvalue weighted by atomic mass is 9.95. The lowest BCUT2D eigenvalue weighted by molar-refractivity contribution is 0.103. The second kappa shape index (κ2) is 5.41. The van der Waals surface area contributed by atoms with E-state index in [0.29, 0.717) is 5.92 Å². The number of aryl methyl sites for hydroxylation is 1. The van der Waals surface area contributed by atoms with Crippen LogP contribution in [-0.2, 0) is 6.42 Å². The molecule has 1 aliphatic heterocycles. The fourth-order valence-corrected chi connectivity index (χ4v) is 2.92. The van der Waals surface area contributed by atoms with Crippen LogP contribution in [0.5, 0.6) is 0 Å². The summed E-state index contributed by atoms with van der Waals surface area (Å²) in [6.07, 6.45) is 1.74. The van der Waals surface area contributed by atoms with Gasteiger partial charge >= 0.3 is 0 Å². The first-order chi connectivity index (χ1) is 9.69. The summed E-state index contributed by atoms with van der Waals surface area (Å²) >= 11 is 0. The fourth-order valence-electron chi connectivity index (χ4n) is 2.92. The molecule has 0 aliphatic carbocycles. The number of aromatic nitrogens is 1. The Labute approximate surface area is 120 Å². The van der Waals surface area contributed by atoms with Crippen molar-refractivity contribution in [3.8, 4) is 0 Å². The molecule has 2 atom stereocenters. The molecular weight excluding hydrogens is 248 g/mol. The molecule has 20 heavy (non-hydrogen) atoms. The molecule has 0 spiro atoms. The van der Waals surface area contributed by atoms with Crippen LogP contribution < -0.4 is 4.90 Å². The highest BCUT2D eigenvalue weighted by Gasteiger charge is 2.25. The number of nitrogens with zero attached hydrogens (tertiary/aromatic N) is 2. The molecule has 1 fully saturated rings. The number of β-amino-alcohol motifs (C(OH)–C–C–N with tert-alkyl or cyclic N) is 1. The number of hydrogen-bond donors (Lipinski definition) is 1. The van der Waals surface area contributed by atoms with E-state index in [2.05, 4.69) is 43.0 Å². The highest BCUT2D eigenvalue weighted by atomic mass is 16.3. The number of piperidine rings is 1. The Morgan fingerprint density at radius 2 is 2.15 bits per heavy atom. The average molecular weight is 270 g/mol. The molecule has 0 radical (unpaired) electrons. The maximum Gasteiger partial charge on any atom is 0.0741 e. The van der Waals surface area contributed by atoms with E-state index in [9.17, 15) is 5.11 Å². The number of fused-ring (bicyclic) bond motifs is 1. The maximum absolute atomic E-state index is 10.2. The number of hydrogen-bond acceptors (Lipinski definition) is 3. The van der Waals surface area contributed by atoms with Gasteiger partial charge in [-0.25, -0.2) is 0 Å². The van der Waals surface area contributed by atoms with E-state index < -0.39 is 0 Å². The van der Waals surface area contributed by atoms with Gasteiger partial charge in [-0.1, -0.05) is 32.0 Å². The Kier molecular flexibility index (Phi) is 3.62. The summed E-state index contributed by atoms with van der Waals surface area (Å²) in [6.45, 7) is 5.99. The molecule has 0 saturated carbocycles. The Hall–Kier alpha value is -1.61. The zero-order chi connectivity index (χ0) is 14.1. The van der Waals surface area contributed by atoms with E-state index in [1.165, 1.54) is 11.1 Å². The Bertz CT molecular complexity index is 611. The summed E-state index contributed by atoms with van der Waals surface area (Å²) < 4.78 is 0. The molecule has 3 nitrogen and oxygen atoms in total. The molecule has 2 aromatic rings. The minimum absolute atomic E-state index is 0.235. The number of para-hydroxylation sites is 1. The summed E-state index contributed by atoms with van der Waals surface area (Å²) in [5.41, 5.74) is 3.39. The van der Waals surface area contributed by atoms with Gasteiger partial charge in [-0.2, -0.15) is 0 Å². The van der Waals surface area contributed by atoms with Crippen molar-refractivity contribution in [1.29, 1.82) is 0 Å². The van der Waals surface area contributed by atoms with Crippen LogP contribution in [0.2, 0.25) is 0 Å². The summed E-state index contributed by atoms with van der Waals surface area (Å²) in [6, 6.07) is 10.5. The van der Waals surface area contributed by atoms with Crippen LogP contribution in [0.3, 0.4) is 0 Å². The van der Waals surface area contributed by atoms with Crippen LogP contribution in [0.25, 0.3) is 10.9 Å². The lowest BCUT2D eigenvalue weighted by Gasteiger charge is -2.36. The quantitative estimate of drug-likeness (QED) is 0.911. The predicted octanol–water partition coefficient (Wildman–Crippen LogP) is 3.00. The summed E-state index contributed by atoms with van der Waals surface area (Å²) in [4.78, 5) is 7.01. The third-order valence-corrected chi connectivity index (χ3v) is 4.37. The van der Waals surface area contributed by atoms with E-state index >= 15 is 0 Å².